The molecule has 0 spiro atoms. The first-order chi connectivity index (χ1) is 15.5. The normalized spacial score (nSPS) is 31.1. The van der Waals surface area contributed by atoms with Crippen LogP contribution in [-0.4, -0.2) is 80.5 Å². The number of hydrogen-bond donors (Lipinski definition) is 3. The lowest BCUT2D eigenvalue weighted by atomic mass is 9.97. The fourth-order valence-electron chi connectivity index (χ4n) is 5.33. The van der Waals surface area contributed by atoms with E-state index in [2.05, 4.69) is 31.6 Å². The topological polar surface area (TPSA) is 118 Å². The number of hydrazine groups is 1. The number of guanidine groups is 1. The minimum Gasteiger partial charge on any atom is -0.339 e. The molecule has 1 unspecified atom stereocenters. The Balaban J connectivity index is 1.31. The van der Waals surface area contributed by atoms with Gasteiger partial charge in [0, 0.05) is 49.9 Å². The average molecular weight is 438 g/mol. The standard InChI is InChI=1S/C22H31N9O/c1-22(20(32)29-11-7-15(23)13-29)8-3-9-30(22)21-25-19(17-4-2-10-31(17)28-21)24-18-12-16(26-27-18)14-5-6-14/h4,12,14-15H,2-3,5-11,13,23H2,1H3,(H2,24,25,26,27,28)/t15?,22-/m0/s1. The van der Waals surface area contributed by atoms with Crippen LogP contribution in [0.2, 0.25) is 0 Å². The third kappa shape index (κ3) is 3.28. The van der Waals surface area contributed by atoms with Gasteiger partial charge in [-0.3, -0.25) is 20.3 Å². The number of hydrogen-bond acceptors (Lipinski definition) is 7. The van der Waals surface area contributed by atoms with E-state index in [-0.39, 0.29) is 11.9 Å². The molecule has 3 fully saturated rings. The number of carbonyl (C=O) groups is 1. The predicted octanol–water partition coefficient (Wildman–Crippen LogP) is 1.20. The fourth-order valence-corrected chi connectivity index (χ4v) is 5.33. The molecule has 170 valence electrons. The lowest BCUT2D eigenvalue weighted by Gasteiger charge is -2.41. The van der Waals surface area contributed by atoms with Crippen LogP contribution in [0, 0.1) is 0 Å². The Bertz CT molecular complexity index is 1020. The highest BCUT2D eigenvalue weighted by atomic mass is 16.2. The van der Waals surface area contributed by atoms with Crippen LogP contribution in [0.4, 0.5) is 5.82 Å². The van der Waals surface area contributed by atoms with Crippen molar-refractivity contribution >= 4 is 23.5 Å². The van der Waals surface area contributed by atoms with Crippen molar-refractivity contribution < 1.29 is 4.79 Å². The van der Waals surface area contributed by atoms with Crippen LogP contribution >= 0.6 is 0 Å². The molecule has 2 saturated heterocycles. The quantitative estimate of drug-likeness (QED) is 0.654. The van der Waals surface area contributed by atoms with Gasteiger partial charge in [0.15, 0.2) is 11.7 Å². The van der Waals surface area contributed by atoms with E-state index < -0.39 is 5.54 Å². The van der Waals surface area contributed by atoms with Crippen LogP contribution in [0.5, 0.6) is 0 Å². The molecule has 1 aromatic rings. The van der Waals surface area contributed by atoms with E-state index in [1.807, 2.05) is 17.9 Å². The summed E-state index contributed by atoms with van der Waals surface area (Å²) in [7, 11) is 0. The third-order valence-electron chi connectivity index (χ3n) is 7.35. The van der Waals surface area contributed by atoms with Crippen LogP contribution < -0.4 is 11.2 Å². The summed E-state index contributed by atoms with van der Waals surface area (Å²) in [6.07, 6.45) is 8.13. The van der Waals surface area contributed by atoms with Gasteiger partial charge in [-0.2, -0.15) is 10.1 Å². The van der Waals surface area contributed by atoms with Crippen LogP contribution in [0.15, 0.2) is 27.8 Å². The first kappa shape index (κ1) is 19.8. The summed E-state index contributed by atoms with van der Waals surface area (Å²) in [4.78, 5) is 27.3. The molecule has 5 heterocycles. The zero-order valence-corrected chi connectivity index (χ0v) is 18.5. The summed E-state index contributed by atoms with van der Waals surface area (Å²) >= 11 is 0. The zero-order valence-electron chi connectivity index (χ0n) is 18.5. The third-order valence-corrected chi connectivity index (χ3v) is 7.35. The lowest BCUT2D eigenvalue weighted by molar-refractivity contribution is -0.139. The van der Waals surface area contributed by atoms with Crippen molar-refractivity contribution in [2.75, 3.05) is 26.2 Å². The summed E-state index contributed by atoms with van der Waals surface area (Å²) in [5, 5.41) is 9.60. The fraction of sp³-hybridized carbons (Fsp3) is 0.636. The zero-order chi connectivity index (χ0) is 21.9. The minimum atomic E-state index is -0.632. The Hall–Kier alpha value is -2.88. The Morgan fingerprint density at radius 3 is 2.94 bits per heavy atom. The smallest absolute Gasteiger partial charge is 0.248 e. The number of amides is 1. The van der Waals surface area contributed by atoms with Gasteiger partial charge in [-0.15, -0.1) is 0 Å². The molecular formula is C22H31N9O. The number of H-pyrrole nitrogens is 1. The van der Waals surface area contributed by atoms with Crippen LogP contribution in [0.25, 0.3) is 0 Å². The maximum absolute atomic E-state index is 13.5. The van der Waals surface area contributed by atoms with E-state index in [1.165, 1.54) is 12.8 Å². The number of fused-ring (bicyclic) bond motifs is 1. The number of aromatic nitrogens is 2. The van der Waals surface area contributed by atoms with Crippen molar-refractivity contribution in [1.29, 1.82) is 0 Å². The molecule has 32 heavy (non-hydrogen) atoms. The number of nitrogens with zero attached hydrogens (tertiary/aromatic N) is 6. The van der Waals surface area contributed by atoms with E-state index in [0.29, 0.717) is 30.1 Å². The number of likely N-dealkylation sites (tertiary alicyclic amines) is 2. The number of carbonyl (C=O) groups excluding carboxylic acids is 1. The second-order valence-electron chi connectivity index (χ2n) is 9.80. The number of rotatable bonds is 3. The molecule has 1 aromatic heterocycles. The highest BCUT2D eigenvalue weighted by Crippen LogP contribution is 2.40. The van der Waals surface area contributed by atoms with E-state index in [1.54, 1.807) is 0 Å². The second kappa shape index (κ2) is 7.33. The molecule has 4 aliphatic heterocycles. The van der Waals surface area contributed by atoms with Crippen molar-refractivity contribution in [3.8, 4) is 0 Å². The van der Waals surface area contributed by atoms with Gasteiger partial charge in [-0.25, -0.2) is 4.99 Å². The Morgan fingerprint density at radius 1 is 1.28 bits per heavy atom. The first-order valence-electron chi connectivity index (χ1n) is 11.8. The highest BCUT2D eigenvalue weighted by molar-refractivity contribution is 6.09. The van der Waals surface area contributed by atoms with Crippen LogP contribution in [0.3, 0.4) is 0 Å². The maximum Gasteiger partial charge on any atom is 0.248 e. The van der Waals surface area contributed by atoms with Crippen LogP contribution in [0.1, 0.15) is 57.1 Å². The number of nitrogens with two attached hydrogens (primary N) is 1. The molecule has 0 bridgehead atoms. The molecule has 4 N–H and O–H groups in total. The number of aromatic amines is 1. The van der Waals surface area contributed by atoms with E-state index >= 15 is 0 Å². The molecule has 1 amide bonds. The first-order valence-corrected chi connectivity index (χ1v) is 11.8. The summed E-state index contributed by atoms with van der Waals surface area (Å²) in [6, 6.07) is 2.11. The Morgan fingerprint density at radius 2 is 2.16 bits per heavy atom. The molecular weight excluding hydrogens is 406 g/mol. The van der Waals surface area contributed by atoms with Crippen molar-refractivity contribution in [2.24, 2.45) is 15.7 Å². The monoisotopic (exact) mass is 437 g/mol. The summed E-state index contributed by atoms with van der Waals surface area (Å²) in [5.41, 5.74) is 11.0. The SMILES string of the molecule is C[C@@]1(C(=O)N2CCC(N)C2)CCCN1C1=NC(=Nc2cc(C3CC3)[nH]n2)C2=CCCN2N1. The van der Waals surface area contributed by atoms with Crippen molar-refractivity contribution in [3.05, 3.63) is 23.5 Å². The van der Waals surface area contributed by atoms with Gasteiger partial charge in [0.25, 0.3) is 0 Å². The molecule has 10 heteroatoms. The van der Waals surface area contributed by atoms with Crippen molar-refractivity contribution in [1.82, 2.24) is 30.4 Å². The van der Waals surface area contributed by atoms with Crippen molar-refractivity contribution in [3.63, 3.8) is 0 Å². The summed E-state index contributed by atoms with van der Waals surface area (Å²) < 4.78 is 0. The highest BCUT2D eigenvalue weighted by Gasteiger charge is 2.49. The molecule has 1 aliphatic carbocycles. The van der Waals surface area contributed by atoms with Gasteiger partial charge in [0.2, 0.25) is 11.9 Å². The number of amidine groups is 1. The average Bonchev–Trinajstić information content (AvgIpc) is 3.18. The number of nitrogens with one attached hydrogen (secondary N) is 2. The molecule has 6 rings (SSSR count). The van der Waals surface area contributed by atoms with Gasteiger partial charge in [-0.1, -0.05) is 6.08 Å². The van der Waals surface area contributed by atoms with Gasteiger partial charge in [0.1, 0.15) is 5.54 Å². The maximum atomic E-state index is 13.5. The van der Waals surface area contributed by atoms with Gasteiger partial charge in [-0.05, 0) is 45.4 Å². The Labute approximate surface area is 187 Å². The summed E-state index contributed by atoms with van der Waals surface area (Å²) in [6.45, 7) is 5.04. The molecule has 0 radical (unpaired) electrons. The molecule has 2 atom stereocenters. The Kier molecular flexibility index (Phi) is 4.53. The van der Waals surface area contributed by atoms with Gasteiger partial charge >= 0.3 is 0 Å². The minimum absolute atomic E-state index is 0.0768. The van der Waals surface area contributed by atoms with E-state index in [4.69, 9.17) is 15.7 Å². The summed E-state index contributed by atoms with van der Waals surface area (Å²) in [5.74, 6) is 2.74. The molecule has 5 aliphatic rings. The molecule has 0 aromatic carbocycles. The second-order valence-corrected chi connectivity index (χ2v) is 9.80. The lowest BCUT2D eigenvalue weighted by Crippen LogP contribution is -2.62. The van der Waals surface area contributed by atoms with Crippen molar-refractivity contribution in [2.45, 2.75) is 62.9 Å². The van der Waals surface area contributed by atoms with Gasteiger partial charge < -0.3 is 15.5 Å². The largest absolute Gasteiger partial charge is 0.339 e. The predicted molar refractivity (Wildman–Crippen MR) is 121 cm³/mol. The van der Waals surface area contributed by atoms with E-state index in [9.17, 15) is 4.79 Å². The molecule has 1 saturated carbocycles. The van der Waals surface area contributed by atoms with E-state index in [0.717, 1.165) is 56.7 Å². The van der Waals surface area contributed by atoms with Gasteiger partial charge in [0.05, 0.1) is 5.70 Å². The van der Waals surface area contributed by atoms with Crippen LogP contribution in [-0.2, 0) is 4.79 Å². The molecule has 10 nitrogen and oxygen atoms in total. The number of aliphatic imine (C=N–C) groups is 2.